The average Bonchev–Trinajstić information content (AvgIpc) is 2.67. The molecule has 13 heavy (non-hydrogen) atoms. The van der Waals surface area contributed by atoms with Crippen LogP contribution in [-0.4, -0.2) is 19.7 Å². The smallest absolute Gasteiger partial charge is 0.112 e. The van der Waals surface area contributed by atoms with Crippen LogP contribution in [-0.2, 0) is 6.54 Å². The SMILES string of the molecule is CCn1ccc(-c2cnccn2)n1. The maximum atomic E-state index is 4.31. The summed E-state index contributed by atoms with van der Waals surface area (Å²) in [7, 11) is 0. The van der Waals surface area contributed by atoms with Crippen LogP contribution in [0.4, 0.5) is 0 Å². The summed E-state index contributed by atoms with van der Waals surface area (Å²) in [5.74, 6) is 0. The van der Waals surface area contributed by atoms with Crippen LogP contribution in [0.1, 0.15) is 6.92 Å². The lowest BCUT2D eigenvalue weighted by Gasteiger charge is -1.94. The van der Waals surface area contributed by atoms with Crippen molar-refractivity contribution in [2.45, 2.75) is 13.5 Å². The maximum absolute atomic E-state index is 4.31. The first-order valence-electron chi connectivity index (χ1n) is 4.20. The zero-order chi connectivity index (χ0) is 9.10. The van der Waals surface area contributed by atoms with E-state index >= 15 is 0 Å². The molecule has 0 bridgehead atoms. The van der Waals surface area contributed by atoms with Gasteiger partial charge in [-0.25, -0.2) is 0 Å². The molecule has 0 atom stereocenters. The molecular weight excluding hydrogens is 164 g/mol. The topological polar surface area (TPSA) is 43.6 Å². The number of nitrogens with zero attached hydrogens (tertiary/aromatic N) is 4. The summed E-state index contributed by atoms with van der Waals surface area (Å²) >= 11 is 0. The predicted octanol–water partition coefficient (Wildman–Crippen LogP) is 1.36. The standard InChI is InChI=1S/C9H10N4/c1-2-13-6-3-8(12-13)9-7-10-4-5-11-9/h3-7H,2H2,1H3. The fourth-order valence-electron chi connectivity index (χ4n) is 1.11. The second-order valence-corrected chi connectivity index (χ2v) is 2.65. The van der Waals surface area contributed by atoms with Crippen molar-refractivity contribution in [2.24, 2.45) is 0 Å². The summed E-state index contributed by atoms with van der Waals surface area (Å²) in [6.07, 6.45) is 6.97. The second-order valence-electron chi connectivity index (χ2n) is 2.65. The molecule has 66 valence electrons. The third kappa shape index (κ3) is 1.56. The summed E-state index contributed by atoms with van der Waals surface area (Å²) in [6.45, 7) is 2.92. The molecule has 4 heteroatoms. The quantitative estimate of drug-likeness (QED) is 0.690. The zero-order valence-corrected chi connectivity index (χ0v) is 7.38. The molecule has 0 N–H and O–H groups in total. The van der Waals surface area contributed by atoms with Crippen LogP contribution in [0.25, 0.3) is 11.4 Å². The molecule has 0 radical (unpaired) electrons. The van der Waals surface area contributed by atoms with Crippen molar-refractivity contribution in [2.75, 3.05) is 0 Å². The molecule has 0 fully saturated rings. The minimum Gasteiger partial charge on any atom is -0.272 e. The van der Waals surface area contributed by atoms with Crippen LogP contribution >= 0.6 is 0 Å². The Morgan fingerprint density at radius 3 is 2.85 bits per heavy atom. The van der Waals surface area contributed by atoms with Gasteiger partial charge < -0.3 is 0 Å². The van der Waals surface area contributed by atoms with E-state index in [2.05, 4.69) is 15.1 Å². The van der Waals surface area contributed by atoms with Gasteiger partial charge in [0.25, 0.3) is 0 Å². The first kappa shape index (κ1) is 7.91. The van der Waals surface area contributed by atoms with E-state index in [1.54, 1.807) is 18.6 Å². The van der Waals surface area contributed by atoms with Gasteiger partial charge in [-0.3, -0.25) is 14.6 Å². The number of aromatic nitrogens is 4. The molecule has 0 aliphatic rings. The van der Waals surface area contributed by atoms with Crippen molar-refractivity contribution in [1.29, 1.82) is 0 Å². The van der Waals surface area contributed by atoms with Gasteiger partial charge in [-0.05, 0) is 13.0 Å². The fraction of sp³-hybridized carbons (Fsp3) is 0.222. The molecule has 2 heterocycles. The minimum atomic E-state index is 0.815. The van der Waals surface area contributed by atoms with Crippen molar-refractivity contribution in [3.63, 3.8) is 0 Å². The monoisotopic (exact) mass is 174 g/mol. The number of hydrogen-bond donors (Lipinski definition) is 0. The molecule has 0 amide bonds. The normalized spacial score (nSPS) is 10.2. The third-order valence-electron chi connectivity index (χ3n) is 1.79. The molecule has 0 saturated carbocycles. The van der Waals surface area contributed by atoms with E-state index in [1.807, 2.05) is 23.9 Å². The van der Waals surface area contributed by atoms with Gasteiger partial charge in [-0.2, -0.15) is 5.10 Å². The lowest BCUT2D eigenvalue weighted by Crippen LogP contribution is -1.94. The Morgan fingerprint density at radius 1 is 1.31 bits per heavy atom. The summed E-state index contributed by atoms with van der Waals surface area (Å²) in [5.41, 5.74) is 1.68. The Kier molecular flexibility index (Phi) is 2.04. The first-order valence-corrected chi connectivity index (χ1v) is 4.20. The molecule has 4 nitrogen and oxygen atoms in total. The largest absolute Gasteiger partial charge is 0.272 e. The average molecular weight is 174 g/mol. The van der Waals surface area contributed by atoms with E-state index in [1.165, 1.54) is 0 Å². The lowest BCUT2D eigenvalue weighted by molar-refractivity contribution is 0.661. The van der Waals surface area contributed by atoms with Crippen molar-refractivity contribution in [3.8, 4) is 11.4 Å². The highest BCUT2D eigenvalue weighted by molar-refractivity contribution is 5.51. The van der Waals surface area contributed by atoms with Gasteiger partial charge in [0, 0.05) is 25.1 Å². The number of aryl methyl sites for hydroxylation is 1. The van der Waals surface area contributed by atoms with Crippen LogP contribution in [0.3, 0.4) is 0 Å². The van der Waals surface area contributed by atoms with Crippen molar-refractivity contribution < 1.29 is 0 Å². The van der Waals surface area contributed by atoms with Crippen LogP contribution in [0, 0.1) is 0 Å². The second kappa shape index (κ2) is 3.35. The van der Waals surface area contributed by atoms with Gasteiger partial charge >= 0.3 is 0 Å². The van der Waals surface area contributed by atoms with Crippen LogP contribution < -0.4 is 0 Å². The van der Waals surface area contributed by atoms with Gasteiger partial charge in [0.05, 0.1) is 6.20 Å². The summed E-state index contributed by atoms with van der Waals surface area (Å²) < 4.78 is 1.87. The highest BCUT2D eigenvalue weighted by Crippen LogP contribution is 2.11. The van der Waals surface area contributed by atoms with Crippen molar-refractivity contribution in [1.82, 2.24) is 19.7 Å². The minimum absolute atomic E-state index is 0.815. The van der Waals surface area contributed by atoms with Crippen LogP contribution in [0.2, 0.25) is 0 Å². The first-order chi connectivity index (χ1) is 6.40. The van der Waals surface area contributed by atoms with E-state index in [4.69, 9.17) is 0 Å². The Bertz CT molecular complexity index is 380. The molecule has 2 aromatic heterocycles. The summed E-state index contributed by atoms with van der Waals surface area (Å²) in [6, 6.07) is 1.94. The molecule has 2 aromatic rings. The Morgan fingerprint density at radius 2 is 2.23 bits per heavy atom. The van der Waals surface area contributed by atoms with Crippen molar-refractivity contribution >= 4 is 0 Å². The van der Waals surface area contributed by atoms with Crippen LogP contribution in [0.15, 0.2) is 30.9 Å². The van der Waals surface area contributed by atoms with E-state index in [0.29, 0.717) is 0 Å². The summed E-state index contributed by atoms with van der Waals surface area (Å²) in [5, 5.41) is 4.31. The zero-order valence-electron chi connectivity index (χ0n) is 7.38. The molecule has 0 saturated heterocycles. The van der Waals surface area contributed by atoms with Gasteiger partial charge in [0.1, 0.15) is 11.4 Å². The number of rotatable bonds is 2. The Labute approximate surface area is 76.3 Å². The van der Waals surface area contributed by atoms with Gasteiger partial charge in [-0.1, -0.05) is 0 Å². The maximum Gasteiger partial charge on any atom is 0.112 e. The van der Waals surface area contributed by atoms with Crippen molar-refractivity contribution in [3.05, 3.63) is 30.9 Å². The van der Waals surface area contributed by atoms with E-state index in [0.717, 1.165) is 17.9 Å². The van der Waals surface area contributed by atoms with E-state index in [9.17, 15) is 0 Å². The van der Waals surface area contributed by atoms with E-state index < -0.39 is 0 Å². The molecule has 0 aromatic carbocycles. The Hall–Kier alpha value is -1.71. The highest BCUT2D eigenvalue weighted by Gasteiger charge is 2.01. The van der Waals surface area contributed by atoms with Crippen LogP contribution in [0.5, 0.6) is 0 Å². The molecule has 0 aliphatic heterocycles. The fourth-order valence-corrected chi connectivity index (χ4v) is 1.11. The molecule has 2 rings (SSSR count). The van der Waals surface area contributed by atoms with Gasteiger partial charge in [0.2, 0.25) is 0 Å². The predicted molar refractivity (Wildman–Crippen MR) is 48.9 cm³/mol. The highest BCUT2D eigenvalue weighted by atomic mass is 15.3. The molecule has 0 unspecified atom stereocenters. The Balaban J connectivity index is 2.36. The van der Waals surface area contributed by atoms with Gasteiger partial charge in [-0.15, -0.1) is 0 Å². The number of hydrogen-bond acceptors (Lipinski definition) is 3. The molecule has 0 spiro atoms. The summed E-state index contributed by atoms with van der Waals surface area (Å²) in [4.78, 5) is 8.14. The van der Waals surface area contributed by atoms with Gasteiger partial charge in [0.15, 0.2) is 0 Å². The van der Waals surface area contributed by atoms with E-state index in [-0.39, 0.29) is 0 Å². The lowest BCUT2D eigenvalue weighted by atomic mass is 10.3. The molecular formula is C9H10N4. The third-order valence-corrected chi connectivity index (χ3v) is 1.79. The molecule has 0 aliphatic carbocycles.